The monoisotopic (exact) mass is 406 g/mol. The van der Waals surface area contributed by atoms with Crippen molar-refractivity contribution in [1.29, 1.82) is 0 Å². The number of hydrogen-bond acceptors (Lipinski definition) is 5. The van der Waals surface area contributed by atoms with Crippen LogP contribution in [0.1, 0.15) is 55.8 Å². The first-order valence-corrected chi connectivity index (χ1v) is 10.4. The van der Waals surface area contributed by atoms with E-state index in [4.69, 9.17) is 9.26 Å². The summed E-state index contributed by atoms with van der Waals surface area (Å²) in [5.41, 5.74) is 2.32. The summed E-state index contributed by atoms with van der Waals surface area (Å²) in [5, 5.41) is 9.81. The number of amides is 2. The second kappa shape index (κ2) is 9.43. The quantitative estimate of drug-likeness (QED) is 0.467. The minimum absolute atomic E-state index is 0.314. The normalized spacial score (nSPS) is 13.1. The van der Waals surface area contributed by atoms with E-state index in [1.54, 1.807) is 0 Å². The van der Waals surface area contributed by atoms with Gasteiger partial charge in [0, 0.05) is 17.3 Å². The molecule has 30 heavy (non-hydrogen) atoms. The molecule has 0 spiro atoms. The Morgan fingerprint density at radius 2 is 1.93 bits per heavy atom. The van der Waals surface area contributed by atoms with Crippen molar-refractivity contribution in [2.75, 3.05) is 17.2 Å². The molecule has 2 N–H and O–H groups in total. The van der Waals surface area contributed by atoms with E-state index in [-0.39, 0.29) is 6.03 Å². The number of unbranched alkanes of at least 4 members (excludes halogenated alkanes) is 1. The number of ether oxygens (including phenoxy) is 1. The smallest absolute Gasteiger partial charge is 0.323 e. The lowest BCUT2D eigenvalue weighted by atomic mass is 10.1. The number of anilines is 2. The van der Waals surface area contributed by atoms with Crippen LogP contribution in [0.15, 0.2) is 53.1 Å². The van der Waals surface area contributed by atoms with Gasteiger partial charge in [-0.25, -0.2) is 4.79 Å². The second-order valence-electron chi connectivity index (χ2n) is 7.46. The summed E-state index contributed by atoms with van der Waals surface area (Å²) in [7, 11) is 0. The molecule has 0 atom stereocenters. The Kier molecular flexibility index (Phi) is 6.27. The molecule has 1 aliphatic carbocycles. The predicted molar refractivity (Wildman–Crippen MR) is 115 cm³/mol. The van der Waals surface area contributed by atoms with Crippen molar-refractivity contribution in [1.82, 2.24) is 10.1 Å². The van der Waals surface area contributed by atoms with Gasteiger partial charge in [0.05, 0.1) is 13.0 Å². The molecule has 3 aromatic rings. The van der Waals surface area contributed by atoms with Gasteiger partial charge in [0.2, 0.25) is 5.89 Å². The Bertz CT molecular complexity index is 980. The SMILES string of the molecule is CCCCOc1ccc(NC(=O)Nc2ccccc2Cc2nc(C3CC3)no2)cc1. The first-order chi connectivity index (χ1) is 14.7. The van der Waals surface area contributed by atoms with Crippen molar-refractivity contribution < 1.29 is 14.1 Å². The van der Waals surface area contributed by atoms with E-state index in [9.17, 15) is 4.79 Å². The van der Waals surface area contributed by atoms with Gasteiger partial charge in [0.15, 0.2) is 5.82 Å². The first-order valence-electron chi connectivity index (χ1n) is 10.4. The second-order valence-corrected chi connectivity index (χ2v) is 7.46. The van der Waals surface area contributed by atoms with Crippen LogP contribution in [-0.2, 0) is 6.42 Å². The minimum Gasteiger partial charge on any atom is -0.494 e. The molecule has 1 heterocycles. The number of carbonyl (C=O) groups is 1. The van der Waals surface area contributed by atoms with Crippen molar-refractivity contribution in [3.63, 3.8) is 0 Å². The molecule has 0 saturated heterocycles. The molecule has 1 aliphatic rings. The molecule has 156 valence electrons. The molecule has 2 amide bonds. The zero-order valence-electron chi connectivity index (χ0n) is 17.1. The maximum absolute atomic E-state index is 12.5. The van der Waals surface area contributed by atoms with E-state index in [2.05, 4.69) is 27.7 Å². The van der Waals surface area contributed by atoms with E-state index in [0.717, 1.165) is 42.8 Å². The van der Waals surface area contributed by atoms with Crippen LogP contribution in [0.2, 0.25) is 0 Å². The number of nitrogens with zero attached hydrogens (tertiary/aromatic N) is 2. The minimum atomic E-state index is -0.314. The molecule has 2 aromatic carbocycles. The third-order valence-corrected chi connectivity index (χ3v) is 4.91. The highest BCUT2D eigenvalue weighted by molar-refractivity contribution is 6.00. The van der Waals surface area contributed by atoms with Gasteiger partial charge >= 0.3 is 6.03 Å². The fourth-order valence-corrected chi connectivity index (χ4v) is 3.06. The number of rotatable bonds is 9. The lowest BCUT2D eigenvalue weighted by Crippen LogP contribution is -2.20. The average Bonchev–Trinajstić information content (AvgIpc) is 3.50. The zero-order valence-corrected chi connectivity index (χ0v) is 17.1. The van der Waals surface area contributed by atoms with Crippen LogP contribution in [0.3, 0.4) is 0 Å². The Morgan fingerprint density at radius 1 is 1.13 bits per heavy atom. The molecule has 4 rings (SSSR count). The van der Waals surface area contributed by atoms with Crippen LogP contribution >= 0.6 is 0 Å². The number of para-hydroxylation sites is 1. The highest BCUT2D eigenvalue weighted by Crippen LogP contribution is 2.38. The Labute approximate surface area is 175 Å². The third-order valence-electron chi connectivity index (χ3n) is 4.91. The van der Waals surface area contributed by atoms with E-state index in [1.165, 1.54) is 0 Å². The summed E-state index contributed by atoms with van der Waals surface area (Å²) >= 11 is 0. The van der Waals surface area contributed by atoms with Gasteiger partial charge in [-0.3, -0.25) is 0 Å². The number of urea groups is 1. The fourth-order valence-electron chi connectivity index (χ4n) is 3.06. The van der Waals surface area contributed by atoms with Gasteiger partial charge in [0.25, 0.3) is 0 Å². The summed E-state index contributed by atoms with van der Waals surface area (Å²) < 4.78 is 11.0. The molecule has 0 radical (unpaired) electrons. The van der Waals surface area contributed by atoms with Gasteiger partial charge < -0.3 is 19.9 Å². The van der Waals surface area contributed by atoms with Gasteiger partial charge in [-0.15, -0.1) is 0 Å². The molecule has 0 bridgehead atoms. The van der Waals surface area contributed by atoms with E-state index in [0.29, 0.717) is 36.2 Å². The number of hydrogen-bond donors (Lipinski definition) is 2. The summed E-state index contributed by atoms with van der Waals surface area (Å²) in [6, 6.07) is 14.6. The van der Waals surface area contributed by atoms with Crippen molar-refractivity contribution in [2.24, 2.45) is 0 Å². The topological polar surface area (TPSA) is 89.3 Å². The lowest BCUT2D eigenvalue weighted by Gasteiger charge is -2.11. The highest BCUT2D eigenvalue weighted by atomic mass is 16.5. The van der Waals surface area contributed by atoms with Crippen LogP contribution in [0, 0.1) is 0 Å². The number of aromatic nitrogens is 2. The van der Waals surface area contributed by atoms with Crippen LogP contribution in [-0.4, -0.2) is 22.8 Å². The lowest BCUT2D eigenvalue weighted by molar-refractivity contribution is 0.262. The van der Waals surface area contributed by atoms with Crippen LogP contribution in [0.4, 0.5) is 16.2 Å². The molecular formula is C23H26N4O3. The first kappa shape index (κ1) is 19.9. The van der Waals surface area contributed by atoms with Crippen LogP contribution in [0.5, 0.6) is 5.75 Å². The highest BCUT2D eigenvalue weighted by Gasteiger charge is 2.28. The summed E-state index contributed by atoms with van der Waals surface area (Å²) in [4.78, 5) is 17.0. The molecule has 7 nitrogen and oxygen atoms in total. The Balaban J connectivity index is 1.35. The summed E-state index contributed by atoms with van der Waals surface area (Å²) in [6.07, 6.45) is 4.84. The molecule has 1 fully saturated rings. The summed E-state index contributed by atoms with van der Waals surface area (Å²) in [5.74, 6) is 2.59. The Hall–Kier alpha value is -3.35. The zero-order chi connectivity index (χ0) is 20.8. The molecule has 0 unspecified atom stereocenters. The molecular weight excluding hydrogens is 380 g/mol. The largest absolute Gasteiger partial charge is 0.494 e. The fraction of sp³-hybridized carbons (Fsp3) is 0.348. The maximum Gasteiger partial charge on any atom is 0.323 e. The van der Waals surface area contributed by atoms with E-state index < -0.39 is 0 Å². The predicted octanol–water partition coefficient (Wildman–Crippen LogP) is 5.36. The standard InChI is InChI=1S/C23H26N4O3/c1-2-3-14-29-19-12-10-18(11-13-19)24-23(28)25-20-7-5-4-6-17(20)15-21-26-22(27-30-21)16-8-9-16/h4-7,10-13,16H,2-3,8-9,14-15H2,1H3,(H2,24,25,28). The number of nitrogens with one attached hydrogen (secondary N) is 2. The van der Waals surface area contributed by atoms with Gasteiger partial charge in [-0.1, -0.05) is 36.7 Å². The molecule has 1 saturated carbocycles. The molecule has 7 heteroatoms. The van der Waals surface area contributed by atoms with Crippen molar-refractivity contribution in [2.45, 2.75) is 44.9 Å². The molecule has 0 aliphatic heterocycles. The number of benzene rings is 2. The van der Waals surface area contributed by atoms with Crippen LogP contribution < -0.4 is 15.4 Å². The van der Waals surface area contributed by atoms with Crippen LogP contribution in [0.25, 0.3) is 0 Å². The van der Waals surface area contributed by atoms with Crippen molar-refractivity contribution in [3.05, 3.63) is 65.8 Å². The molecule has 1 aromatic heterocycles. The number of carbonyl (C=O) groups excluding carboxylic acids is 1. The van der Waals surface area contributed by atoms with E-state index in [1.807, 2.05) is 48.5 Å². The van der Waals surface area contributed by atoms with Gasteiger partial charge in [-0.2, -0.15) is 4.98 Å². The van der Waals surface area contributed by atoms with Gasteiger partial charge in [-0.05, 0) is 55.2 Å². The average molecular weight is 406 g/mol. The third kappa shape index (κ3) is 5.37. The van der Waals surface area contributed by atoms with Crippen molar-refractivity contribution in [3.8, 4) is 5.75 Å². The maximum atomic E-state index is 12.5. The summed E-state index contributed by atoms with van der Waals surface area (Å²) in [6.45, 7) is 2.82. The Morgan fingerprint density at radius 3 is 2.70 bits per heavy atom. The van der Waals surface area contributed by atoms with E-state index >= 15 is 0 Å². The van der Waals surface area contributed by atoms with Gasteiger partial charge in [0.1, 0.15) is 5.75 Å². The van der Waals surface area contributed by atoms with Crippen molar-refractivity contribution >= 4 is 17.4 Å².